The highest BCUT2D eigenvalue weighted by atomic mass is 16.2. The fourth-order valence-electron chi connectivity index (χ4n) is 3.34. The van der Waals surface area contributed by atoms with E-state index in [0.29, 0.717) is 18.4 Å². The van der Waals surface area contributed by atoms with Gasteiger partial charge in [0.1, 0.15) is 0 Å². The Morgan fingerprint density at radius 3 is 2.79 bits per heavy atom. The van der Waals surface area contributed by atoms with Crippen LogP contribution in [0, 0.1) is 5.41 Å². The number of nitrogens with two attached hydrogens (primary N) is 1. The van der Waals surface area contributed by atoms with Gasteiger partial charge >= 0.3 is 6.03 Å². The Kier molecular flexibility index (Phi) is 4.76. The van der Waals surface area contributed by atoms with E-state index in [9.17, 15) is 9.59 Å². The number of piperidine rings is 2. The first-order valence-corrected chi connectivity index (χ1v) is 7.12. The van der Waals surface area contributed by atoms with Crippen molar-refractivity contribution in [2.24, 2.45) is 11.1 Å². The molecule has 108 valence electrons. The highest BCUT2D eigenvalue weighted by Crippen LogP contribution is 2.35. The van der Waals surface area contributed by atoms with Crippen molar-refractivity contribution in [1.82, 2.24) is 15.5 Å². The Labute approximate surface area is 114 Å². The van der Waals surface area contributed by atoms with Gasteiger partial charge in [0, 0.05) is 26.1 Å². The van der Waals surface area contributed by atoms with Crippen LogP contribution in [0.25, 0.3) is 0 Å². The van der Waals surface area contributed by atoms with Crippen LogP contribution in [0.5, 0.6) is 0 Å². The lowest BCUT2D eigenvalue weighted by Crippen LogP contribution is -2.51. The Morgan fingerprint density at radius 2 is 2.11 bits per heavy atom. The Balaban J connectivity index is 1.77. The summed E-state index contributed by atoms with van der Waals surface area (Å²) in [5.41, 5.74) is 5.32. The van der Waals surface area contributed by atoms with E-state index in [1.165, 1.54) is 25.7 Å². The quantitative estimate of drug-likeness (QED) is 0.674. The number of imide groups is 1. The third-order valence-electron chi connectivity index (χ3n) is 4.22. The molecule has 2 fully saturated rings. The molecule has 0 aromatic rings. The van der Waals surface area contributed by atoms with Crippen LogP contribution in [-0.2, 0) is 4.79 Å². The van der Waals surface area contributed by atoms with Gasteiger partial charge in [0.15, 0.2) is 0 Å². The molecule has 19 heavy (non-hydrogen) atoms. The normalized spacial score (nSPS) is 28.2. The minimum Gasteiger partial charge on any atom is -0.351 e. The lowest BCUT2D eigenvalue weighted by Gasteiger charge is -2.45. The van der Waals surface area contributed by atoms with E-state index in [-0.39, 0.29) is 5.91 Å². The molecule has 1 atom stereocenters. The summed E-state index contributed by atoms with van der Waals surface area (Å²) in [7, 11) is 0. The summed E-state index contributed by atoms with van der Waals surface area (Å²) in [4.78, 5) is 24.3. The maximum absolute atomic E-state index is 11.4. The number of hydrogen-bond donors (Lipinski definition) is 3. The van der Waals surface area contributed by atoms with Crippen molar-refractivity contribution >= 4 is 11.9 Å². The van der Waals surface area contributed by atoms with Crippen LogP contribution in [-0.4, -0.2) is 49.6 Å². The second-order valence-electron chi connectivity index (χ2n) is 5.82. The van der Waals surface area contributed by atoms with Crippen LogP contribution in [0.15, 0.2) is 0 Å². The zero-order valence-electron chi connectivity index (χ0n) is 11.4. The monoisotopic (exact) mass is 268 g/mol. The number of likely N-dealkylation sites (tertiary alicyclic amines) is 1. The molecule has 1 unspecified atom stereocenters. The topological polar surface area (TPSA) is 87.5 Å². The molecule has 2 aliphatic heterocycles. The summed E-state index contributed by atoms with van der Waals surface area (Å²) in [6, 6.07) is -0.767. The van der Waals surface area contributed by atoms with E-state index in [2.05, 4.69) is 15.5 Å². The lowest BCUT2D eigenvalue weighted by atomic mass is 9.74. The molecule has 6 nitrogen and oxygen atoms in total. The highest BCUT2D eigenvalue weighted by molar-refractivity contribution is 5.93. The van der Waals surface area contributed by atoms with Crippen molar-refractivity contribution in [2.75, 3.05) is 32.7 Å². The van der Waals surface area contributed by atoms with Crippen LogP contribution in [0.4, 0.5) is 4.79 Å². The Bertz CT molecular complexity index is 334. The molecular formula is C13H24N4O2. The zero-order chi connectivity index (χ0) is 13.7. The summed E-state index contributed by atoms with van der Waals surface area (Å²) in [5, 5.41) is 5.60. The van der Waals surface area contributed by atoms with Gasteiger partial charge < -0.3 is 16.0 Å². The van der Waals surface area contributed by atoms with Crippen molar-refractivity contribution in [3.8, 4) is 0 Å². The van der Waals surface area contributed by atoms with Crippen LogP contribution >= 0.6 is 0 Å². The van der Waals surface area contributed by atoms with Gasteiger partial charge in [-0.25, -0.2) is 4.79 Å². The Morgan fingerprint density at radius 1 is 1.32 bits per heavy atom. The Hall–Kier alpha value is -1.14. The molecule has 0 aliphatic carbocycles. The number of hydrogen-bond acceptors (Lipinski definition) is 4. The van der Waals surface area contributed by atoms with E-state index < -0.39 is 6.03 Å². The summed E-state index contributed by atoms with van der Waals surface area (Å²) in [6.07, 6.45) is 5.34. The van der Waals surface area contributed by atoms with Gasteiger partial charge in [-0.3, -0.25) is 10.1 Å². The minimum absolute atomic E-state index is 0.283. The third kappa shape index (κ3) is 4.18. The SMILES string of the molecule is NC(=O)NC(=O)CCN1CCCC2(CCCNC2)C1. The van der Waals surface area contributed by atoms with Gasteiger partial charge in [-0.2, -0.15) is 0 Å². The summed E-state index contributed by atoms with van der Waals surface area (Å²) in [6.45, 7) is 5.04. The smallest absolute Gasteiger partial charge is 0.318 e. The molecule has 6 heteroatoms. The first-order valence-electron chi connectivity index (χ1n) is 7.12. The lowest BCUT2D eigenvalue weighted by molar-refractivity contribution is -0.120. The molecule has 2 aliphatic rings. The van der Waals surface area contributed by atoms with Gasteiger partial charge in [-0.05, 0) is 44.2 Å². The number of nitrogens with zero attached hydrogens (tertiary/aromatic N) is 1. The number of primary amides is 1. The molecule has 3 amide bonds. The average molecular weight is 268 g/mol. The van der Waals surface area contributed by atoms with Crippen molar-refractivity contribution in [3.05, 3.63) is 0 Å². The molecule has 0 saturated carbocycles. The maximum atomic E-state index is 11.4. The molecule has 0 radical (unpaired) electrons. The standard InChI is InChI=1S/C13H24N4O2/c14-12(19)16-11(18)3-8-17-7-2-5-13(10-17)4-1-6-15-9-13/h15H,1-10H2,(H3,14,16,18,19). The fraction of sp³-hybridized carbons (Fsp3) is 0.846. The molecular weight excluding hydrogens is 244 g/mol. The number of amides is 3. The first kappa shape index (κ1) is 14.3. The van der Waals surface area contributed by atoms with Crippen LogP contribution < -0.4 is 16.4 Å². The van der Waals surface area contributed by atoms with Crippen molar-refractivity contribution in [3.63, 3.8) is 0 Å². The molecule has 2 saturated heterocycles. The average Bonchev–Trinajstić information content (AvgIpc) is 2.37. The summed E-state index contributed by atoms with van der Waals surface area (Å²) in [5.74, 6) is -0.283. The molecule has 0 aromatic heterocycles. The number of carbonyl (C=O) groups excluding carboxylic acids is 2. The van der Waals surface area contributed by atoms with Crippen molar-refractivity contribution in [1.29, 1.82) is 0 Å². The second kappa shape index (κ2) is 6.34. The van der Waals surface area contributed by atoms with Gasteiger partial charge in [0.05, 0.1) is 0 Å². The maximum Gasteiger partial charge on any atom is 0.318 e. The fourth-order valence-corrected chi connectivity index (χ4v) is 3.34. The van der Waals surface area contributed by atoms with Crippen LogP contribution in [0.3, 0.4) is 0 Å². The van der Waals surface area contributed by atoms with E-state index >= 15 is 0 Å². The largest absolute Gasteiger partial charge is 0.351 e. The van der Waals surface area contributed by atoms with Crippen molar-refractivity contribution < 1.29 is 9.59 Å². The molecule has 0 bridgehead atoms. The van der Waals surface area contributed by atoms with E-state index in [4.69, 9.17) is 5.73 Å². The third-order valence-corrected chi connectivity index (χ3v) is 4.22. The molecule has 0 aromatic carbocycles. The minimum atomic E-state index is -0.767. The van der Waals surface area contributed by atoms with Crippen molar-refractivity contribution in [2.45, 2.75) is 32.1 Å². The first-order chi connectivity index (χ1) is 9.10. The zero-order valence-corrected chi connectivity index (χ0v) is 11.4. The number of rotatable bonds is 3. The van der Waals surface area contributed by atoms with E-state index in [0.717, 1.165) is 26.2 Å². The molecule has 4 N–H and O–H groups in total. The van der Waals surface area contributed by atoms with Gasteiger partial charge in [-0.15, -0.1) is 0 Å². The summed E-state index contributed by atoms with van der Waals surface area (Å²) < 4.78 is 0. The predicted molar refractivity (Wildman–Crippen MR) is 72.6 cm³/mol. The summed E-state index contributed by atoms with van der Waals surface area (Å²) >= 11 is 0. The molecule has 2 heterocycles. The number of carbonyl (C=O) groups is 2. The van der Waals surface area contributed by atoms with Crippen LogP contribution in [0.2, 0.25) is 0 Å². The van der Waals surface area contributed by atoms with E-state index in [1.54, 1.807) is 0 Å². The van der Waals surface area contributed by atoms with E-state index in [1.807, 2.05) is 0 Å². The number of urea groups is 1. The molecule has 2 rings (SSSR count). The highest BCUT2D eigenvalue weighted by Gasteiger charge is 2.36. The van der Waals surface area contributed by atoms with Crippen LogP contribution in [0.1, 0.15) is 32.1 Å². The van der Waals surface area contributed by atoms with Gasteiger partial charge in [-0.1, -0.05) is 0 Å². The second-order valence-corrected chi connectivity index (χ2v) is 5.82. The van der Waals surface area contributed by atoms with Gasteiger partial charge in [0.2, 0.25) is 5.91 Å². The van der Waals surface area contributed by atoms with Gasteiger partial charge in [0.25, 0.3) is 0 Å². The predicted octanol–water partition coefficient (Wildman–Crippen LogP) is 0.0370. The molecule has 1 spiro atoms. The number of nitrogens with one attached hydrogen (secondary N) is 2.